The van der Waals surface area contributed by atoms with Crippen LogP contribution in [0.4, 0.5) is 0 Å². The fourth-order valence-corrected chi connectivity index (χ4v) is 1.92. The molecule has 0 fully saturated rings. The summed E-state index contributed by atoms with van der Waals surface area (Å²) in [6, 6.07) is 4.17. The predicted molar refractivity (Wildman–Crippen MR) is 64.7 cm³/mol. The molecule has 1 rings (SSSR count). The zero-order chi connectivity index (χ0) is 10.6. The molecule has 14 heavy (non-hydrogen) atoms. The molecule has 1 unspecified atom stereocenters. The summed E-state index contributed by atoms with van der Waals surface area (Å²) in [5, 5.41) is 0. The maximum Gasteiger partial charge on any atom is 0.0270 e. The monoisotopic (exact) mass is 255 g/mol. The van der Waals surface area contributed by atoms with Crippen molar-refractivity contribution in [1.29, 1.82) is 0 Å². The van der Waals surface area contributed by atoms with Gasteiger partial charge in [0.05, 0.1) is 0 Å². The summed E-state index contributed by atoms with van der Waals surface area (Å²) in [4.78, 5) is 4.55. The van der Waals surface area contributed by atoms with Crippen LogP contribution in [0.1, 0.15) is 32.8 Å². The standard InChI is InChI=1S/C12H18BrN/c1-4-12(2,3)11(13)9-10-5-7-14-8-6-10/h5-8,11H,4,9H2,1-3H3. The van der Waals surface area contributed by atoms with E-state index in [1.807, 2.05) is 12.4 Å². The van der Waals surface area contributed by atoms with Crippen molar-refractivity contribution in [2.24, 2.45) is 5.41 Å². The molecule has 78 valence electrons. The second kappa shape index (κ2) is 4.92. The molecular formula is C12H18BrN. The molecule has 0 bridgehead atoms. The molecule has 0 N–H and O–H groups in total. The Morgan fingerprint density at radius 1 is 1.36 bits per heavy atom. The predicted octanol–water partition coefficient (Wildman–Crippen LogP) is 3.82. The molecule has 0 saturated carbocycles. The van der Waals surface area contributed by atoms with Crippen LogP contribution in [0, 0.1) is 5.41 Å². The Morgan fingerprint density at radius 2 is 1.93 bits per heavy atom. The lowest BCUT2D eigenvalue weighted by atomic mass is 9.84. The van der Waals surface area contributed by atoms with Gasteiger partial charge in [-0.1, -0.05) is 36.7 Å². The first-order valence-electron chi connectivity index (χ1n) is 5.09. The zero-order valence-electron chi connectivity index (χ0n) is 9.13. The lowest BCUT2D eigenvalue weighted by molar-refractivity contribution is 0.340. The molecule has 0 aliphatic carbocycles. The van der Waals surface area contributed by atoms with Gasteiger partial charge in [0.15, 0.2) is 0 Å². The number of alkyl halides is 1. The van der Waals surface area contributed by atoms with Crippen molar-refractivity contribution in [3.8, 4) is 0 Å². The highest BCUT2D eigenvalue weighted by Gasteiger charge is 2.25. The Labute approximate surface area is 95.1 Å². The van der Waals surface area contributed by atoms with Gasteiger partial charge in [-0.25, -0.2) is 0 Å². The maximum absolute atomic E-state index is 4.02. The van der Waals surface area contributed by atoms with Gasteiger partial charge in [-0.15, -0.1) is 0 Å². The van der Waals surface area contributed by atoms with Gasteiger partial charge in [0, 0.05) is 17.2 Å². The van der Waals surface area contributed by atoms with Crippen molar-refractivity contribution < 1.29 is 0 Å². The summed E-state index contributed by atoms with van der Waals surface area (Å²) < 4.78 is 0. The van der Waals surface area contributed by atoms with Crippen molar-refractivity contribution in [1.82, 2.24) is 4.98 Å². The Kier molecular flexibility index (Phi) is 4.11. The molecule has 0 aliphatic heterocycles. The average molecular weight is 256 g/mol. The molecule has 0 radical (unpaired) electrons. The number of hydrogen-bond acceptors (Lipinski definition) is 1. The highest BCUT2D eigenvalue weighted by atomic mass is 79.9. The second-order valence-corrected chi connectivity index (χ2v) is 5.47. The lowest BCUT2D eigenvalue weighted by Crippen LogP contribution is -2.25. The molecule has 0 saturated heterocycles. The normalized spacial score (nSPS) is 14.0. The van der Waals surface area contributed by atoms with E-state index in [4.69, 9.17) is 0 Å². The van der Waals surface area contributed by atoms with Crippen molar-refractivity contribution in [3.05, 3.63) is 30.1 Å². The van der Waals surface area contributed by atoms with Gasteiger partial charge in [0.2, 0.25) is 0 Å². The first kappa shape index (κ1) is 11.7. The fraction of sp³-hybridized carbons (Fsp3) is 0.583. The Hall–Kier alpha value is -0.370. The van der Waals surface area contributed by atoms with Crippen LogP contribution in [0.2, 0.25) is 0 Å². The fourth-order valence-electron chi connectivity index (χ4n) is 1.22. The summed E-state index contributed by atoms with van der Waals surface area (Å²) in [6.07, 6.45) is 5.97. The first-order valence-corrected chi connectivity index (χ1v) is 6.01. The molecule has 0 spiro atoms. The SMILES string of the molecule is CCC(C)(C)C(Br)Cc1ccncc1. The van der Waals surface area contributed by atoms with Crippen LogP contribution in [-0.2, 0) is 6.42 Å². The minimum Gasteiger partial charge on any atom is -0.265 e. The van der Waals surface area contributed by atoms with E-state index in [1.165, 1.54) is 12.0 Å². The summed E-state index contributed by atoms with van der Waals surface area (Å²) in [5.41, 5.74) is 1.70. The molecule has 0 amide bonds. The van der Waals surface area contributed by atoms with Crippen molar-refractivity contribution >= 4 is 15.9 Å². The minimum absolute atomic E-state index is 0.350. The van der Waals surface area contributed by atoms with Gasteiger partial charge in [-0.05, 0) is 36.0 Å². The molecule has 1 aromatic rings. The highest BCUT2D eigenvalue weighted by molar-refractivity contribution is 9.09. The first-order chi connectivity index (χ1) is 6.56. The molecule has 2 heteroatoms. The van der Waals surface area contributed by atoms with Crippen LogP contribution in [0.25, 0.3) is 0 Å². The molecule has 1 nitrogen and oxygen atoms in total. The van der Waals surface area contributed by atoms with Crippen molar-refractivity contribution in [2.45, 2.75) is 38.4 Å². The number of halogens is 1. The van der Waals surface area contributed by atoms with Crippen molar-refractivity contribution in [2.75, 3.05) is 0 Å². The smallest absolute Gasteiger partial charge is 0.0270 e. The van der Waals surface area contributed by atoms with E-state index in [0.29, 0.717) is 10.2 Å². The van der Waals surface area contributed by atoms with Crippen molar-refractivity contribution in [3.63, 3.8) is 0 Å². The number of hydrogen-bond donors (Lipinski definition) is 0. The summed E-state index contributed by atoms with van der Waals surface area (Å²) in [7, 11) is 0. The zero-order valence-corrected chi connectivity index (χ0v) is 10.7. The van der Waals surface area contributed by atoms with Crippen LogP contribution in [0.3, 0.4) is 0 Å². The third-order valence-electron chi connectivity index (χ3n) is 2.92. The largest absolute Gasteiger partial charge is 0.265 e. The van der Waals surface area contributed by atoms with Crippen LogP contribution < -0.4 is 0 Å². The van der Waals surface area contributed by atoms with Crippen LogP contribution in [0.5, 0.6) is 0 Å². The van der Waals surface area contributed by atoms with Gasteiger partial charge < -0.3 is 0 Å². The van der Waals surface area contributed by atoms with Crippen LogP contribution >= 0.6 is 15.9 Å². The number of nitrogens with zero attached hydrogens (tertiary/aromatic N) is 1. The number of pyridine rings is 1. The molecule has 1 heterocycles. The number of rotatable bonds is 4. The van der Waals surface area contributed by atoms with Gasteiger partial charge in [0.25, 0.3) is 0 Å². The van der Waals surface area contributed by atoms with Gasteiger partial charge in [-0.2, -0.15) is 0 Å². The van der Waals surface area contributed by atoms with Gasteiger partial charge in [-0.3, -0.25) is 4.98 Å². The van der Waals surface area contributed by atoms with Gasteiger partial charge >= 0.3 is 0 Å². The Morgan fingerprint density at radius 3 is 2.43 bits per heavy atom. The summed E-state index contributed by atoms with van der Waals surface area (Å²) >= 11 is 3.78. The molecular weight excluding hydrogens is 238 g/mol. The second-order valence-electron chi connectivity index (χ2n) is 4.37. The molecule has 0 aromatic carbocycles. The lowest BCUT2D eigenvalue weighted by Gasteiger charge is -2.29. The van der Waals surface area contributed by atoms with E-state index < -0.39 is 0 Å². The molecule has 1 aromatic heterocycles. The minimum atomic E-state index is 0.350. The molecule has 0 aliphatic rings. The highest BCUT2D eigenvalue weighted by Crippen LogP contribution is 2.32. The third kappa shape index (κ3) is 3.09. The van der Waals surface area contributed by atoms with E-state index in [0.717, 1.165) is 6.42 Å². The maximum atomic E-state index is 4.02. The summed E-state index contributed by atoms with van der Waals surface area (Å²) in [6.45, 7) is 6.84. The van der Waals surface area contributed by atoms with Crippen LogP contribution in [-0.4, -0.2) is 9.81 Å². The van der Waals surface area contributed by atoms with E-state index in [-0.39, 0.29) is 0 Å². The molecule has 1 atom stereocenters. The number of aromatic nitrogens is 1. The average Bonchev–Trinajstić information content (AvgIpc) is 2.19. The topological polar surface area (TPSA) is 12.9 Å². The van der Waals surface area contributed by atoms with Gasteiger partial charge in [0.1, 0.15) is 0 Å². The Bertz CT molecular complexity index is 269. The Balaban J connectivity index is 2.62. The third-order valence-corrected chi connectivity index (χ3v) is 4.49. The van der Waals surface area contributed by atoms with Crippen LogP contribution in [0.15, 0.2) is 24.5 Å². The van der Waals surface area contributed by atoms with E-state index >= 15 is 0 Å². The summed E-state index contributed by atoms with van der Waals surface area (Å²) in [5.74, 6) is 0. The van der Waals surface area contributed by atoms with E-state index in [9.17, 15) is 0 Å². The van der Waals surface area contributed by atoms with E-state index in [1.54, 1.807) is 0 Å². The quantitative estimate of drug-likeness (QED) is 0.746. The van der Waals surface area contributed by atoms with E-state index in [2.05, 4.69) is 53.8 Å².